The Labute approximate surface area is 151 Å². The van der Waals surface area contributed by atoms with Gasteiger partial charge in [0.15, 0.2) is 0 Å². The summed E-state index contributed by atoms with van der Waals surface area (Å²) in [7, 11) is 0. The lowest BCUT2D eigenvalue weighted by Gasteiger charge is -2.39. The lowest BCUT2D eigenvalue weighted by Crippen LogP contribution is -2.46. The fourth-order valence-corrected chi connectivity index (χ4v) is 4.62. The number of nitrogens with zero attached hydrogens (tertiary/aromatic N) is 2. The Balaban J connectivity index is 0.00000169. The lowest BCUT2D eigenvalue weighted by atomic mass is 9.95. The average Bonchev–Trinajstić information content (AvgIpc) is 2.99. The van der Waals surface area contributed by atoms with Crippen molar-refractivity contribution >= 4 is 18.1 Å². The molecule has 3 heterocycles. The van der Waals surface area contributed by atoms with Crippen LogP contribution >= 0.6 is 12.4 Å². The first-order chi connectivity index (χ1) is 11.3. The van der Waals surface area contributed by atoms with Crippen molar-refractivity contribution in [2.24, 2.45) is 5.92 Å². The van der Waals surface area contributed by atoms with E-state index in [4.69, 9.17) is 0 Å². The molecule has 0 unspecified atom stereocenters. The van der Waals surface area contributed by atoms with Crippen molar-refractivity contribution in [1.29, 1.82) is 0 Å². The van der Waals surface area contributed by atoms with Gasteiger partial charge in [0.05, 0.1) is 0 Å². The first kappa shape index (κ1) is 18.0. The highest BCUT2D eigenvalue weighted by molar-refractivity contribution is 5.85. The molecule has 3 aliphatic heterocycles. The maximum absolute atomic E-state index is 13.4. The van der Waals surface area contributed by atoms with Crippen LogP contribution in [0.4, 0.5) is 10.1 Å². The van der Waals surface area contributed by atoms with E-state index in [0.717, 1.165) is 18.9 Å². The van der Waals surface area contributed by atoms with Gasteiger partial charge in [0.25, 0.3) is 0 Å². The minimum Gasteiger partial charge on any atom is -0.368 e. The number of fused-ring (bicyclic) bond motifs is 1. The van der Waals surface area contributed by atoms with Crippen LogP contribution in [0.25, 0.3) is 0 Å². The van der Waals surface area contributed by atoms with Gasteiger partial charge >= 0.3 is 0 Å². The Hall–Kier alpha value is -0.840. The zero-order valence-corrected chi connectivity index (χ0v) is 15.2. The number of likely N-dealkylation sites (tertiary alicyclic amines) is 1. The number of anilines is 1. The van der Waals surface area contributed by atoms with Gasteiger partial charge < -0.3 is 15.1 Å². The first-order valence-corrected chi connectivity index (χ1v) is 9.28. The van der Waals surface area contributed by atoms with Gasteiger partial charge in [0.2, 0.25) is 0 Å². The molecule has 1 aromatic rings. The van der Waals surface area contributed by atoms with Crippen molar-refractivity contribution in [2.75, 3.05) is 44.2 Å². The summed E-state index contributed by atoms with van der Waals surface area (Å²) in [4.78, 5) is 5.21. The molecular formula is C19H29ClFN3. The van der Waals surface area contributed by atoms with E-state index in [2.05, 4.69) is 15.1 Å². The molecule has 0 amide bonds. The molecule has 1 N–H and O–H groups in total. The molecule has 0 bridgehead atoms. The molecule has 0 aliphatic carbocycles. The second kappa shape index (κ2) is 8.03. The summed E-state index contributed by atoms with van der Waals surface area (Å²) in [5.41, 5.74) is 2.48. The zero-order chi connectivity index (χ0) is 15.6. The van der Waals surface area contributed by atoms with Crippen LogP contribution in [0.15, 0.2) is 18.2 Å². The summed E-state index contributed by atoms with van der Waals surface area (Å²) >= 11 is 0. The summed E-state index contributed by atoms with van der Waals surface area (Å²) in [5.74, 6) is 0.797. The van der Waals surface area contributed by atoms with Crippen molar-refractivity contribution in [2.45, 2.75) is 38.1 Å². The van der Waals surface area contributed by atoms with Gasteiger partial charge in [-0.2, -0.15) is 0 Å². The molecule has 2 fully saturated rings. The first-order valence-electron chi connectivity index (χ1n) is 9.28. The number of benzene rings is 1. The molecule has 3 nitrogen and oxygen atoms in total. The maximum Gasteiger partial charge on any atom is 0.123 e. The smallest absolute Gasteiger partial charge is 0.123 e. The van der Waals surface area contributed by atoms with E-state index in [0.29, 0.717) is 6.04 Å². The third kappa shape index (κ3) is 3.87. The molecule has 0 spiro atoms. The molecule has 0 atom stereocenters. The van der Waals surface area contributed by atoms with E-state index in [9.17, 15) is 4.39 Å². The van der Waals surface area contributed by atoms with E-state index in [-0.39, 0.29) is 18.2 Å². The highest BCUT2D eigenvalue weighted by atomic mass is 35.5. The predicted molar refractivity (Wildman–Crippen MR) is 99.8 cm³/mol. The highest BCUT2D eigenvalue weighted by Crippen LogP contribution is 2.33. The van der Waals surface area contributed by atoms with E-state index in [1.165, 1.54) is 69.7 Å². The Morgan fingerprint density at radius 2 is 1.79 bits per heavy atom. The fraction of sp³-hybridized carbons (Fsp3) is 0.684. The maximum atomic E-state index is 13.4. The number of piperidine rings is 2. The van der Waals surface area contributed by atoms with Crippen LogP contribution in [0.1, 0.15) is 31.2 Å². The Kier molecular flexibility index (Phi) is 6.01. The van der Waals surface area contributed by atoms with Crippen LogP contribution in [0.5, 0.6) is 0 Å². The largest absolute Gasteiger partial charge is 0.368 e. The van der Waals surface area contributed by atoms with Gasteiger partial charge in [-0.25, -0.2) is 4.39 Å². The third-order valence-corrected chi connectivity index (χ3v) is 5.95. The molecule has 24 heavy (non-hydrogen) atoms. The average molecular weight is 354 g/mol. The Bertz CT molecular complexity index is 539. The van der Waals surface area contributed by atoms with Gasteiger partial charge in [0.1, 0.15) is 5.82 Å². The summed E-state index contributed by atoms with van der Waals surface area (Å²) in [6.07, 6.45) is 6.18. The number of rotatable bonds is 3. The minimum atomic E-state index is -0.0950. The molecule has 0 radical (unpaired) electrons. The molecule has 0 saturated carbocycles. The van der Waals surface area contributed by atoms with Gasteiger partial charge in [-0.3, -0.25) is 0 Å². The summed E-state index contributed by atoms with van der Waals surface area (Å²) in [6, 6.07) is 5.97. The molecule has 0 aromatic heterocycles. The van der Waals surface area contributed by atoms with Crippen LogP contribution in [0.2, 0.25) is 0 Å². The summed E-state index contributed by atoms with van der Waals surface area (Å²) < 4.78 is 13.4. The van der Waals surface area contributed by atoms with Gasteiger partial charge in [-0.1, -0.05) is 0 Å². The van der Waals surface area contributed by atoms with Crippen molar-refractivity contribution in [3.63, 3.8) is 0 Å². The van der Waals surface area contributed by atoms with Crippen molar-refractivity contribution in [1.82, 2.24) is 10.2 Å². The van der Waals surface area contributed by atoms with E-state index >= 15 is 0 Å². The lowest BCUT2D eigenvalue weighted by molar-refractivity contribution is 0.166. The van der Waals surface area contributed by atoms with E-state index in [1.54, 1.807) is 12.1 Å². The van der Waals surface area contributed by atoms with E-state index in [1.807, 2.05) is 6.07 Å². The molecule has 4 rings (SSSR count). The number of hydrogen-bond donors (Lipinski definition) is 1. The van der Waals surface area contributed by atoms with Crippen LogP contribution in [-0.4, -0.2) is 50.2 Å². The SMILES string of the molecule is Cl.Fc1ccc2c(c1)CCN2C1CCN(CC2CCNCC2)CC1. The van der Waals surface area contributed by atoms with Crippen LogP contribution in [-0.2, 0) is 6.42 Å². The summed E-state index contributed by atoms with van der Waals surface area (Å²) in [6.45, 7) is 7.20. The molecular weight excluding hydrogens is 325 g/mol. The van der Waals surface area contributed by atoms with Crippen LogP contribution in [0.3, 0.4) is 0 Å². The quantitative estimate of drug-likeness (QED) is 0.901. The molecule has 1 aromatic carbocycles. The fourth-order valence-electron chi connectivity index (χ4n) is 4.62. The Morgan fingerprint density at radius 3 is 2.54 bits per heavy atom. The van der Waals surface area contributed by atoms with Gasteiger partial charge in [-0.15, -0.1) is 12.4 Å². The molecule has 3 aliphatic rings. The highest BCUT2D eigenvalue weighted by Gasteiger charge is 2.30. The molecule has 5 heteroatoms. The Morgan fingerprint density at radius 1 is 1.04 bits per heavy atom. The van der Waals surface area contributed by atoms with Crippen molar-refractivity contribution in [3.05, 3.63) is 29.6 Å². The van der Waals surface area contributed by atoms with Crippen LogP contribution < -0.4 is 10.2 Å². The molecule has 2 saturated heterocycles. The number of hydrogen-bond acceptors (Lipinski definition) is 3. The number of nitrogens with one attached hydrogen (secondary N) is 1. The normalized spacial score (nSPS) is 23.1. The van der Waals surface area contributed by atoms with Gasteiger partial charge in [0, 0.05) is 37.9 Å². The topological polar surface area (TPSA) is 18.5 Å². The molecule has 134 valence electrons. The second-order valence-corrected chi connectivity index (χ2v) is 7.44. The van der Waals surface area contributed by atoms with Crippen LogP contribution in [0, 0.1) is 11.7 Å². The predicted octanol–water partition coefficient (Wildman–Crippen LogP) is 3.07. The number of halogens is 2. The van der Waals surface area contributed by atoms with Gasteiger partial charge in [-0.05, 0) is 74.9 Å². The van der Waals surface area contributed by atoms with Crippen molar-refractivity contribution < 1.29 is 4.39 Å². The zero-order valence-electron chi connectivity index (χ0n) is 14.3. The third-order valence-electron chi connectivity index (χ3n) is 5.95. The second-order valence-electron chi connectivity index (χ2n) is 7.44. The monoisotopic (exact) mass is 353 g/mol. The van der Waals surface area contributed by atoms with Crippen molar-refractivity contribution in [3.8, 4) is 0 Å². The summed E-state index contributed by atoms with van der Waals surface area (Å²) in [5, 5.41) is 3.46. The minimum absolute atomic E-state index is 0. The standard InChI is InChI=1S/C19H28FN3.ClH/c20-17-1-2-19-16(13-17)5-12-23(19)18-6-10-22(11-7-18)14-15-3-8-21-9-4-15;/h1-2,13,15,18,21H,3-12,14H2;1H. The van der Waals surface area contributed by atoms with E-state index < -0.39 is 0 Å².